The van der Waals surface area contributed by atoms with E-state index in [0.717, 1.165) is 12.0 Å². The molecule has 1 aliphatic rings. The van der Waals surface area contributed by atoms with Crippen LogP contribution >= 0.6 is 0 Å². The number of benzene rings is 2. The summed E-state index contributed by atoms with van der Waals surface area (Å²) in [5, 5.41) is 9.14. The average Bonchev–Trinajstić information content (AvgIpc) is 2.69. The Morgan fingerprint density at radius 1 is 1.00 bits per heavy atom. The Hall–Kier alpha value is -2.35. The van der Waals surface area contributed by atoms with Gasteiger partial charge in [-0.1, -0.05) is 71.4 Å². The number of carboxylic acid groups (broad SMARTS) is 1. The molecule has 0 heterocycles. The number of allylic oxidation sites excluding steroid dienone is 1. The molecule has 0 amide bonds. The number of unbranched alkanes of at least 4 members (excludes halogenated alkanes) is 1. The number of aromatic carboxylic acids is 1. The maximum atomic E-state index is 11.1. The van der Waals surface area contributed by atoms with Gasteiger partial charge in [0.2, 0.25) is 0 Å². The number of rotatable bonds is 6. The molecule has 3 rings (SSSR count). The predicted octanol–water partition coefficient (Wildman–Crippen LogP) is 7.64. The number of carboxylic acids is 1. The van der Waals surface area contributed by atoms with Crippen LogP contribution in [0.4, 0.5) is 0 Å². The van der Waals surface area contributed by atoms with E-state index in [9.17, 15) is 4.79 Å². The third-order valence-electron chi connectivity index (χ3n) is 6.84. The van der Waals surface area contributed by atoms with E-state index in [4.69, 9.17) is 5.11 Å². The first-order chi connectivity index (χ1) is 14.0. The van der Waals surface area contributed by atoms with Gasteiger partial charge in [-0.2, -0.15) is 0 Å². The molecule has 0 aromatic heterocycles. The minimum Gasteiger partial charge on any atom is -0.478 e. The average molecular weight is 405 g/mol. The Labute approximate surface area is 182 Å². The van der Waals surface area contributed by atoms with Gasteiger partial charge in [-0.25, -0.2) is 4.79 Å². The fraction of sp³-hybridized carbons (Fsp3) is 0.464. The summed E-state index contributed by atoms with van der Waals surface area (Å²) in [6.07, 6.45) is 8.09. The van der Waals surface area contributed by atoms with Crippen molar-refractivity contribution in [2.24, 2.45) is 0 Å². The zero-order valence-corrected chi connectivity index (χ0v) is 19.4. The SMILES string of the molecule is CCCCc1cc2c(cc1/C(C)=C/c1ccc(C(=O)O)cc1)C(C)(C)CCC2(C)C. The van der Waals surface area contributed by atoms with E-state index >= 15 is 0 Å². The Morgan fingerprint density at radius 2 is 1.57 bits per heavy atom. The standard InChI is InChI=1S/C28H36O2/c1-7-8-9-22-17-24-25(28(5,6)15-14-27(24,3)4)18-23(22)19(2)16-20-10-12-21(13-11-20)26(29)30/h10-13,16-18H,7-9,14-15H2,1-6H3,(H,29,30)/b19-16+. The molecule has 2 heteroatoms. The Morgan fingerprint density at radius 3 is 2.10 bits per heavy atom. The lowest BCUT2D eigenvalue weighted by Crippen LogP contribution is -2.34. The second-order valence-electron chi connectivity index (χ2n) is 10.2. The molecule has 2 aromatic carbocycles. The summed E-state index contributed by atoms with van der Waals surface area (Å²) < 4.78 is 0. The van der Waals surface area contributed by atoms with Gasteiger partial charge in [-0.3, -0.25) is 0 Å². The smallest absolute Gasteiger partial charge is 0.335 e. The highest BCUT2D eigenvalue weighted by Crippen LogP contribution is 2.47. The van der Waals surface area contributed by atoms with E-state index < -0.39 is 5.97 Å². The lowest BCUT2D eigenvalue weighted by molar-refractivity contribution is 0.0697. The molecule has 0 unspecified atom stereocenters. The van der Waals surface area contributed by atoms with E-state index in [1.54, 1.807) is 12.1 Å². The van der Waals surface area contributed by atoms with E-state index in [2.05, 4.69) is 59.8 Å². The molecular weight excluding hydrogens is 368 g/mol. The second kappa shape index (κ2) is 8.41. The number of hydrogen-bond acceptors (Lipinski definition) is 1. The molecule has 0 aliphatic heterocycles. The number of hydrogen-bond donors (Lipinski definition) is 1. The van der Waals surface area contributed by atoms with Gasteiger partial charge >= 0.3 is 5.97 Å². The van der Waals surface area contributed by atoms with Gasteiger partial charge in [-0.15, -0.1) is 0 Å². The topological polar surface area (TPSA) is 37.3 Å². The third-order valence-corrected chi connectivity index (χ3v) is 6.84. The van der Waals surface area contributed by atoms with Gasteiger partial charge in [0, 0.05) is 0 Å². The van der Waals surface area contributed by atoms with Gasteiger partial charge in [0.25, 0.3) is 0 Å². The van der Waals surface area contributed by atoms with Crippen LogP contribution in [-0.2, 0) is 17.3 Å². The van der Waals surface area contributed by atoms with Crippen molar-refractivity contribution in [3.8, 4) is 0 Å². The van der Waals surface area contributed by atoms with Crippen LogP contribution in [0.3, 0.4) is 0 Å². The van der Waals surface area contributed by atoms with Crippen molar-refractivity contribution in [1.29, 1.82) is 0 Å². The fourth-order valence-electron chi connectivity index (χ4n) is 4.65. The highest BCUT2D eigenvalue weighted by molar-refractivity contribution is 5.88. The van der Waals surface area contributed by atoms with Gasteiger partial charge in [0.15, 0.2) is 0 Å². The van der Waals surface area contributed by atoms with E-state index in [1.165, 1.54) is 53.5 Å². The lowest BCUT2D eigenvalue weighted by Gasteiger charge is -2.42. The Bertz CT molecular complexity index is 959. The van der Waals surface area contributed by atoms with Gasteiger partial charge < -0.3 is 5.11 Å². The zero-order valence-electron chi connectivity index (χ0n) is 19.4. The van der Waals surface area contributed by atoms with Crippen LogP contribution in [0.1, 0.15) is 105 Å². The fourth-order valence-corrected chi connectivity index (χ4v) is 4.65. The van der Waals surface area contributed by atoms with Crippen molar-refractivity contribution in [2.75, 3.05) is 0 Å². The summed E-state index contributed by atoms with van der Waals surface area (Å²) in [4.78, 5) is 11.1. The van der Waals surface area contributed by atoms with Crippen LogP contribution in [0.5, 0.6) is 0 Å². The highest BCUT2D eigenvalue weighted by Gasteiger charge is 2.37. The van der Waals surface area contributed by atoms with E-state index in [1.807, 2.05) is 12.1 Å². The molecule has 0 fully saturated rings. The van der Waals surface area contributed by atoms with Crippen LogP contribution in [0, 0.1) is 0 Å². The van der Waals surface area contributed by atoms with Crippen molar-refractivity contribution < 1.29 is 9.90 Å². The molecule has 2 nitrogen and oxygen atoms in total. The minimum atomic E-state index is -0.886. The molecule has 0 spiro atoms. The van der Waals surface area contributed by atoms with Crippen LogP contribution in [0.2, 0.25) is 0 Å². The zero-order chi connectivity index (χ0) is 22.1. The molecule has 1 N–H and O–H groups in total. The highest BCUT2D eigenvalue weighted by atomic mass is 16.4. The molecule has 0 bridgehead atoms. The third kappa shape index (κ3) is 4.53. The van der Waals surface area contributed by atoms with Crippen LogP contribution < -0.4 is 0 Å². The van der Waals surface area contributed by atoms with Crippen molar-refractivity contribution in [3.63, 3.8) is 0 Å². The van der Waals surface area contributed by atoms with Gasteiger partial charge in [0.1, 0.15) is 0 Å². The summed E-state index contributed by atoms with van der Waals surface area (Å²) in [5.74, 6) is -0.886. The van der Waals surface area contributed by atoms with Crippen molar-refractivity contribution >= 4 is 17.6 Å². The molecule has 0 atom stereocenters. The predicted molar refractivity (Wildman–Crippen MR) is 127 cm³/mol. The first-order valence-corrected chi connectivity index (χ1v) is 11.2. The van der Waals surface area contributed by atoms with Crippen molar-refractivity contribution in [1.82, 2.24) is 0 Å². The normalized spacial score (nSPS) is 17.5. The molecule has 0 saturated heterocycles. The van der Waals surface area contributed by atoms with Crippen LogP contribution in [0.25, 0.3) is 11.6 Å². The van der Waals surface area contributed by atoms with Crippen LogP contribution in [-0.4, -0.2) is 11.1 Å². The summed E-state index contributed by atoms with van der Waals surface area (Å²) in [7, 11) is 0. The molecule has 2 aromatic rings. The molecule has 0 radical (unpaired) electrons. The number of aryl methyl sites for hydroxylation is 1. The molecular formula is C28H36O2. The summed E-state index contributed by atoms with van der Waals surface area (Å²) >= 11 is 0. The molecule has 160 valence electrons. The molecule has 1 aliphatic carbocycles. The van der Waals surface area contributed by atoms with Gasteiger partial charge in [0.05, 0.1) is 5.56 Å². The largest absolute Gasteiger partial charge is 0.478 e. The Kier molecular flexibility index (Phi) is 6.26. The minimum absolute atomic E-state index is 0.187. The maximum Gasteiger partial charge on any atom is 0.335 e. The summed E-state index contributed by atoms with van der Waals surface area (Å²) in [6.45, 7) is 14.0. The molecule has 30 heavy (non-hydrogen) atoms. The van der Waals surface area contributed by atoms with Crippen molar-refractivity contribution in [3.05, 3.63) is 69.8 Å². The molecule has 0 saturated carbocycles. The van der Waals surface area contributed by atoms with Crippen molar-refractivity contribution in [2.45, 2.75) is 84.5 Å². The monoisotopic (exact) mass is 404 g/mol. The second-order valence-corrected chi connectivity index (χ2v) is 10.2. The number of carbonyl (C=O) groups is 1. The first kappa shape index (κ1) is 22.3. The first-order valence-electron chi connectivity index (χ1n) is 11.2. The van der Waals surface area contributed by atoms with E-state index in [-0.39, 0.29) is 10.8 Å². The number of fused-ring (bicyclic) bond motifs is 1. The van der Waals surface area contributed by atoms with E-state index in [0.29, 0.717) is 5.56 Å². The van der Waals surface area contributed by atoms with Gasteiger partial charge in [-0.05, 0) is 89.0 Å². The van der Waals surface area contributed by atoms with Crippen LogP contribution in [0.15, 0.2) is 36.4 Å². The lowest BCUT2D eigenvalue weighted by atomic mass is 9.62. The Balaban J connectivity index is 2.11. The summed E-state index contributed by atoms with van der Waals surface area (Å²) in [5.41, 5.74) is 8.80. The summed E-state index contributed by atoms with van der Waals surface area (Å²) in [6, 6.07) is 12.1. The quantitative estimate of drug-likeness (QED) is 0.502. The maximum absolute atomic E-state index is 11.1.